The number of hydrogen-bond acceptors (Lipinski definition) is 4. The first-order valence-electron chi connectivity index (χ1n) is 9.33. The van der Waals surface area contributed by atoms with Crippen LogP contribution < -0.4 is 10.9 Å². The summed E-state index contributed by atoms with van der Waals surface area (Å²) < 4.78 is 7.09. The molecule has 138 valence electrons. The van der Waals surface area contributed by atoms with Gasteiger partial charge in [0.25, 0.3) is 11.5 Å². The average molecular weight is 347 g/mol. The summed E-state index contributed by atoms with van der Waals surface area (Å²) in [4.78, 5) is 27.7. The van der Waals surface area contributed by atoms with Gasteiger partial charge in [-0.05, 0) is 63.2 Å². The van der Waals surface area contributed by atoms with Crippen molar-refractivity contribution in [3.8, 4) is 0 Å². The topological polar surface area (TPSA) is 63.6 Å². The van der Waals surface area contributed by atoms with E-state index in [4.69, 9.17) is 4.74 Å². The van der Waals surface area contributed by atoms with Gasteiger partial charge < -0.3 is 19.5 Å². The van der Waals surface area contributed by atoms with Crippen LogP contribution in [-0.4, -0.2) is 54.8 Å². The maximum atomic E-state index is 12.9. The van der Waals surface area contributed by atoms with Crippen molar-refractivity contribution in [2.24, 2.45) is 5.92 Å². The SMILES string of the molecule is COC1CCN(C(=O)c2c(C)ccn(CC3CCCNC3)c2=O)CC1. The van der Waals surface area contributed by atoms with Crippen molar-refractivity contribution in [2.45, 2.75) is 45.3 Å². The van der Waals surface area contributed by atoms with Crippen LogP contribution in [0.15, 0.2) is 17.1 Å². The molecule has 0 aromatic carbocycles. The van der Waals surface area contributed by atoms with E-state index in [9.17, 15) is 9.59 Å². The molecule has 3 rings (SSSR count). The number of likely N-dealkylation sites (tertiary alicyclic amines) is 1. The monoisotopic (exact) mass is 347 g/mol. The normalized spacial score (nSPS) is 22.2. The van der Waals surface area contributed by atoms with Crippen LogP contribution in [0.2, 0.25) is 0 Å². The fraction of sp³-hybridized carbons (Fsp3) is 0.684. The molecule has 6 nitrogen and oxygen atoms in total. The lowest BCUT2D eigenvalue weighted by Crippen LogP contribution is -2.44. The highest BCUT2D eigenvalue weighted by atomic mass is 16.5. The van der Waals surface area contributed by atoms with E-state index in [-0.39, 0.29) is 17.6 Å². The Kier molecular flexibility index (Phi) is 5.91. The number of pyridine rings is 1. The summed E-state index contributed by atoms with van der Waals surface area (Å²) >= 11 is 0. The Bertz CT molecular complexity index is 656. The van der Waals surface area contributed by atoms with Crippen LogP contribution in [0.5, 0.6) is 0 Å². The summed E-state index contributed by atoms with van der Waals surface area (Å²) in [5.41, 5.74) is 0.952. The van der Waals surface area contributed by atoms with Gasteiger partial charge in [0.05, 0.1) is 6.10 Å². The average Bonchev–Trinajstić information content (AvgIpc) is 2.65. The Hall–Kier alpha value is -1.66. The smallest absolute Gasteiger partial charge is 0.263 e. The third-order valence-corrected chi connectivity index (χ3v) is 5.50. The van der Waals surface area contributed by atoms with Gasteiger partial charge in [0, 0.05) is 32.9 Å². The number of amides is 1. The van der Waals surface area contributed by atoms with Crippen LogP contribution in [0.1, 0.15) is 41.6 Å². The second-order valence-corrected chi connectivity index (χ2v) is 7.27. The van der Waals surface area contributed by atoms with Crippen LogP contribution in [0.4, 0.5) is 0 Å². The van der Waals surface area contributed by atoms with Gasteiger partial charge in [-0.15, -0.1) is 0 Å². The van der Waals surface area contributed by atoms with E-state index in [2.05, 4.69) is 5.32 Å². The van der Waals surface area contributed by atoms with Gasteiger partial charge in [0.15, 0.2) is 0 Å². The summed E-state index contributed by atoms with van der Waals surface area (Å²) in [5, 5.41) is 3.38. The first-order valence-corrected chi connectivity index (χ1v) is 9.33. The van der Waals surface area contributed by atoms with Crippen LogP contribution in [0, 0.1) is 12.8 Å². The zero-order chi connectivity index (χ0) is 17.8. The largest absolute Gasteiger partial charge is 0.381 e. The predicted octanol–water partition coefficient (Wildman–Crippen LogP) is 1.41. The van der Waals surface area contributed by atoms with E-state index in [0.29, 0.717) is 31.1 Å². The highest BCUT2D eigenvalue weighted by molar-refractivity contribution is 5.95. The number of aromatic nitrogens is 1. The van der Waals surface area contributed by atoms with Crippen molar-refractivity contribution >= 4 is 5.91 Å². The lowest BCUT2D eigenvalue weighted by atomic mass is 9.99. The molecule has 1 amide bonds. The Morgan fingerprint density at radius 3 is 2.72 bits per heavy atom. The highest BCUT2D eigenvalue weighted by Crippen LogP contribution is 2.17. The maximum absolute atomic E-state index is 12.9. The Labute approximate surface area is 149 Å². The lowest BCUT2D eigenvalue weighted by molar-refractivity contribution is 0.0349. The predicted molar refractivity (Wildman–Crippen MR) is 97.0 cm³/mol. The van der Waals surface area contributed by atoms with Crippen molar-refractivity contribution < 1.29 is 9.53 Å². The molecular formula is C19H29N3O3. The third kappa shape index (κ3) is 4.12. The van der Waals surface area contributed by atoms with Gasteiger partial charge in [-0.3, -0.25) is 9.59 Å². The quantitative estimate of drug-likeness (QED) is 0.894. The van der Waals surface area contributed by atoms with Crippen LogP contribution in [0.3, 0.4) is 0 Å². The molecule has 2 fully saturated rings. The summed E-state index contributed by atoms with van der Waals surface area (Å²) in [6.45, 7) is 5.82. The number of carbonyl (C=O) groups excluding carboxylic acids is 1. The number of hydrogen-bond donors (Lipinski definition) is 1. The highest BCUT2D eigenvalue weighted by Gasteiger charge is 2.27. The lowest BCUT2D eigenvalue weighted by Gasteiger charge is -2.31. The molecule has 1 aromatic heterocycles. The van der Waals surface area contributed by atoms with Crippen LogP contribution in [0.25, 0.3) is 0 Å². The Morgan fingerprint density at radius 1 is 1.32 bits per heavy atom. The third-order valence-electron chi connectivity index (χ3n) is 5.50. The molecule has 0 aliphatic carbocycles. The molecule has 3 heterocycles. The van der Waals surface area contributed by atoms with Gasteiger partial charge in [-0.1, -0.05) is 0 Å². The molecule has 1 aromatic rings. The summed E-state index contributed by atoms with van der Waals surface area (Å²) in [6.07, 6.45) is 5.98. The van der Waals surface area contributed by atoms with Crippen molar-refractivity contribution in [3.63, 3.8) is 0 Å². The number of nitrogens with zero attached hydrogens (tertiary/aromatic N) is 2. The molecule has 2 aliphatic rings. The molecule has 0 bridgehead atoms. The Morgan fingerprint density at radius 2 is 2.08 bits per heavy atom. The number of aryl methyl sites for hydroxylation is 1. The minimum atomic E-state index is -0.149. The van der Waals surface area contributed by atoms with Gasteiger partial charge in [-0.2, -0.15) is 0 Å². The molecule has 25 heavy (non-hydrogen) atoms. The minimum absolute atomic E-state index is 0.131. The number of piperidine rings is 2. The summed E-state index contributed by atoms with van der Waals surface area (Å²) in [5.74, 6) is 0.322. The number of rotatable bonds is 4. The van der Waals surface area contributed by atoms with Crippen molar-refractivity contribution in [1.29, 1.82) is 0 Å². The van der Waals surface area contributed by atoms with E-state index in [0.717, 1.165) is 44.3 Å². The standard InChI is InChI=1S/C19H29N3O3/c1-14-5-9-22(13-15-4-3-8-20-12-15)19(24)17(14)18(23)21-10-6-16(25-2)7-11-21/h5,9,15-16,20H,3-4,6-8,10-13H2,1-2H3. The zero-order valence-corrected chi connectivity index (χ0v) is 15.3. The number of carbonyl (C=O) groups is 1. The molecular weight excluding hydrogens is 318 g/mol. The Balaban J connectivity index is 1.77. The zero-order valence-electron chi connectivity index (χ0n) is 15.3. The fourth-order valence-electron chi connectivity index (χ4n) is 3.88. The van der Waals surface area contributed by atoms with E-state index >= 15 is 0 Å². The second kappa shape index (κ2) is 8.15. The molecule has 2 aliphatic heterocycles. The minimum Gasteiger partial charge on any atom is -0.381 e. The first-order chi connectivity index (χ1) is 12.1. The first kappa shape index (κ1) is 18.1. The van der Waals surface area contributed by atoms with Gasteiger partial charge in [0.2, 0.25) is 0 Å². The number of ether oxygens (including phenoxy) is 1. The molecule has 1 unspecified atom stereocenters. The van der Waals surface area contributed by atoms with E-state index in [1.165, 1.54) is 0 Å². The van der Waals surface area contributed by atoms with E-state index < -0.39 is 0 Å². The van der Waals surface area contributed by atoms with E-state index in [1.807, 2.05) is 19.2 Å². The molecule has 0 radical (unpaired) electrons. The van der Waals surface area contributed by atoms with Crippen molar-refractivity contribution in [3.05, 3.63) is 33.7 Å². The van der Waals surface area contributed by atoms with Crippen molar-refractivity contribution in [2.75, 3.05) is 33.3 Å². The van der Waals surface area contributed by atoms with Gasteiger partial charge in [0.1, 0.15) is 5.56 Å². The number of nitrogens with one attached hydrogen (secondary N) is 1. The second-order valence-electron chi connectivity index (χ2n) is 7.27. The summed E-state index contributed by atoms with van der Waals surface area (Å²) in [6, 6.07) is 1.90. The molecule has 0 saturated carbocycles. The maximum Gasteiger partial charge on any atom is 0.263 e. The van der Waals surface area contributed by atoms with Crippen molar-refractivity contribution in [1.82, 2.24) is 14.8 Å². The number of methoxy groups -OCH3 is 1. The van der Waals surface area contributed by atoms with Gasteiger partial charge in [-0.25, -0.2) is 0 Å². The molecule has 1 N–H and O–H groups in total. The van der Waals surface area contributed by atoms with E-state index in [1.54, 1.807) is 16.6 Å². The van der Waals surface area contributed by atoms with Crippen LogP contribution in [-0.2, 0) is 11.3 Å². The molecule has 6 heteroatoms. The summed E-state index contributed by atoms with van der Waals surface area (Å²) in [7, 11) is 1.71. The molecule has 2 saturated heterocycles. The van der Waals surface area contributed by atoms with Gasteiger partial charge >= 0.3 is 0 Å². The van der Waals surface area contributed by atoms with Crippen LogP contribution >= 0.6 is 0 Å². The molecule has 0 spiro atoms. The molecule has 1 atom stereocenters. The fourth-order valence-corrected chi connectivity index (χ4v) is 3.88.